The van der Waals surface area contributed by atoms with Gasteiger partial charge in [-0.25, -0.2) is 9.97 Å². The highest BCUT2D eigenvalue weighted by atomic mass is 14.9. The van der Waals surface area contributed by atoms with Crippen molar-refractivity contribution in [3.05, 3.63) is 169 Å². The molecular weight excluding hydrogens is 520 g/mol. The lowest BCUT2D eigenvalue weighted by atomic mass is 9.88. The van der Waals surface area contributed by atoms with Crippen molar-refractivity contribution in [2.45, 2.75) is 6.92 Å². The van der Waals surface area contributed by atoms with Gasteiger partial charge in [-0.05, 0) is 52.4 Å². The standard InChI is InChI=1S/C41H30N2/c1-29-14-12-19-32(26-29)35-22-8-10-24-37(35)38-25-11-9-23-36(38)33-20-13-21-34(27-33)40-28-39(30-15-4-2-5-16-30)42-41(43-40)31-17-6-3-7-18-31/h2-28H,1H3. The summed E-state index contributed by atoms with van der Waals surface area (Å²) in [5.74, 6) is 0.717. The Bertz CT molecular complexity index is 1970. The molecule has 0 spiro atoms. The Hall–Kier alpha value is -5.60. The van der Waals surface area contributed by atoms with Gasteiger partial charge in [0.2, 0.25) is 0 Å². The first-order valence-corrected chi connectivity index (χ1v) is 14.6. The average Bonchev–Trinajstić information content (AvgIpc) is 3.09. The van der Waals surface area contributed by atoms with Crippen LogP contribution in [-0.4, -0.2) is 9.97 Å². The highest BCUT2D eigenvalue weighted by Gasteiger charge is 2.15. The molecule has 0 unspecified atom stereocenters. The Balaban J connectivity index is 1.36. The van der Waals surface area contributed by atoms with E-state index in [4.69, 9.17) is 9.97 Å². The molecule has 0 aliphatic heterocycles. The minimum atomic E-state index is 0.717. The van der Waals surface area contributed by atoms with Gasteiger partial charge in [0.15, 0.2) is 5.82 Å². The van der Waals surface area contributed by atoms with Gasteiger partial charge in [-0.1, -0.05) is 157 Å². The lowest BCUT2D eigenvalue weighted by Crippen LogP contribution is -1.96. The number of hydrogen-bond donors (Lipinski definition) is 0. The zero-order chi connectivity index (χ0) is 29.0. The average molecular weight is 551 g/mol. The molecule has 7 aromatic rings. The first-order valence-electron chi connectivity index (χ1n) is 14.6. The molecule has 0 radical (unpaired) electrons. The van der Waals surface area contributed by atoms with Crippen molar-refractivity contribution in [3.8, 4) is 67.3 Å². The molecule has 7 rings (SSSR count). The highest BCUT2D eigenvalue weighted by molar-refractivity contribution is 5.92. The molecule has 0 fully saturated rings. The summed E-state index contributed by atoms with van der Waals surface area (Å²) < 4.78 is 0. The van der Waals surface area contributed by atoms with Crippen molar-refractivity contribution in [2.75, 3.05) is 0 Å². The third-order valence-electron chi connectivity index (χ3n) is 7.77. The Morgan fingerprint density at radius 2 is 0.767 bits per heavy atom. The number of aryl methyl sites for hydroxylation is 1. The summed E-state index contributed by atoms with van der Waals surface area (Å²) in [7, 11) is 0. The largest absolute Gasteiger partial charge is 0.228 e. The molecule has 0 atom stereocenters. The lowest BCUT2D eigenvalue weighted by molar-refractivity contribution is 1.18. The van der Waals surface area contributed by atoms with Gasteiger partial charge in [0.05, 0.1) is 11.4 Å². The van der Waals surface area contributed by atoms with E-state index in [1.165, 1.54) is 33.4 Å². The molecule has 0 bridgehead atoms. The van der Waals surface area contributed by atoms with E-state index in [1.54, 1.807) is 0 Å². The lowest BCUT2D eigenvalue weighted by Gasteiger charge is -2.16. The Morgan fingerprint density at radius 1 is 0.326 bits per heavy atom. The maximum absolute atomic E-state index is 5.07. The van der Waals surface area contributed by atoms with Crippen LogP contribution in [0.2, 0.25) is 0 Å². The summed E-state index contributed by atoms with van der Waals surface area (Å²) in [6, 6.07) is 57.4. The van der Waals surface area contributed by atoms with Crippen molar-refractivity contribution in [1.82, 2.24) is 9.97 Å². The zero-order valence-corrected chi connectivity index (χ0v) is 24.0. The number of rotatable bonds is 6. The first kappa shape index (κ1) is 26.3. The van der Waals surface area contributed by atoms with Crippen LogP contribution in [0.5, 0.6) is 0 Å². The molecule has 1 heterocycles. The van der Waals surface area contributed by atoms with Crippen LogP contribution in [0.4, 0.5) is 0 Å². The first-order chi connectivity index (χ1) is 21.2. The summed E-state index contributed by atoms with van der Waals surface area (Å²) in [6.45, 7) is 2.14. The van der Waals surface area contributed by atoms with E-state index in [9.17, 15) is 0 Å². The van der Waals surface area contributed by atoms with Gasteiger partial charge in [0.1, 0.15) is 0 Å². The Morgan fingerprint density at radius 3 is 1.37 bits per heavy atom. The summed E-state index contributed by atoms with van der Waals surface area (Å²) in [5, 5.41) is 0. The maximum atomic E-state index is 5.07. The van der Waals surface area contributed by atoms with Crippen molar-refractivity contribution in [3.63, 3.8) is 0 Å². The van der Waals surface area contributed by atoms with Crippen molar-refractivity contribution >= 4 is 0 Å². The SMILES string of the molecule is Cc1cccc(-c2ccccc2-c2ccccc2-c2cccc(-c3cc(-c4ccccc4)nc(-c4ccccc4)n3)c2)c1. The van der Waals surface area contributed by atoms with Crippen LogP contribution in [0.3, 0.4) is 0 Å². The smallest absolute Gasteiger partial charge is 0.160 e. The van der Waals surface area contributed by atoms with E-state index < -0.39 is 0 Å². The van der Waals surface area contributed by atoms with Crippen molar-refractivity contribution < 1.29 is 0 Å². The van der Waals surface area contributed by atoms with Crippen LogP contribution in [0.15, 0.2) is 164 Å². The molecule has 43 heavy (non-hydrogen) atoms. The normalized spacial score (nSPS) is 10.9. The van der Waals surface area contributed by atoms with Gasteiger partial charge in [0, 0.05) is 16.7 Å². The van der Waals surface area contributed by atoms with Gasteiger partial charge in [-0.15, -0.1) is 0 Å². The minimum Gasteiger partial charge on any atom is -0.228 e. The second-order valence-electron chi connectivity index (χ2n) is 10.7. The van der Waals surface area contributed by atoms with Gasteiger partial charge < -0.3 is 0 Å². The molecule has 1 aromatic heterocycles. The van der Waals surface area contributed by atoms with Gasteiger partial charge in [-0.2, -0.15) is 0 Å². The molecule has 0 saturated heterocycles. The van der Waals surface area contributed by atoms with Crippen LogP contribution in [0, 0.1) is 6.92 Å². The second-order valence-corrected chi connectivity index (χ2v) is 10.7. The molecule has 0 aliphatic rings. The molecule has 0 saturated carbocycles. The fourth-order valence-corrected chi connectivity index (χ4v) is 5.67. The van der Waals surface area contributed by atoms with E-state index in [2.05, 4.69) is 134 Å². The fraction of sp³-hybridized carbons (Fsp3) is 0.0244. The summed E-state index contributed by atoms with van der Waals surface area (Å²) >= 11 is 0. The topological polar surface area (TPSA) is 25.8 Å². The fourth-order valence-electron chi connectivity index (χ4n) is 5.67. The van der Waals surface area contributed by atoms with Crippen molar-refractivity contribution in [1.29, 1.82) is 0 Å². The Labute approximate surface area is 253 Å². The van der Waals surface area contributed by atoms with E-state index in [1.807, 2.05) is 36.4 Å². The quantitative estimate of drug-likeness (QED) is 0.206. The third kappa shape index (κ3) is 5.51. The number of aromatic nitrogens is 2. The summed E-state index contributed by atoms with van der Waals surface area (Å²) in [6.07, 6.45) is 0. The van der Waals surface area contributed by atoms with E-state index in [0.29, 0.717) is 0 Å². The monoisotopic (exact) mass is 550 g/mol. The predicted molar refractivity (Wildman–Crippen MR) is 179 cm³/mol. The van der Waals surface area contributed by atoms with E-state index >= 15 is 0 Å². The third-order valence-corrected chi connectivity index (χ3v) is 7.77. The molecule has 2 heteroatoms. The van der Waals surface area contributed by atoms with E-state index in [0.717, 1.165) is 39.5 Å². The molecule has 204 valence electrons. The number of benzene rings is 6. The van der Waals surface area contributed by atoms with Gasteiger partial charge in [-0.3, -0.25) is 0 Å². The molecule has 0 amide bonds. The van der Waals surface area contributed by atoms with E-state index in [-0.39, 0.29) is 0 Å². The number of nitrogens with zero attached hydrogens (tertiary/aromatic N) is 2. The summed E-state index contributed by atoms with van der Waals surface area (Å²) in [5.41, 5.74) is 13.4. The zero-order valence-electron chi connectivity index (χ0n) is 24.0. The van der Waals surface area contributed by atoms with Crippen LogP contribution >= 0.6 is 0 Å². The van der Waals surface area contributed by atoms with Gasteiger partial charge >= 0.3 is 0 Å². The molecule has 0 N–H and O–H groups in total. The predicted octanol–water partition coefficient (Wildman–Crippen LogP) is 10.8. The molecular formula is C41H30N2. The Kier molecular flexibility index (Phi) is 7.17. The molecule has 2 nitrogen and oxygen atoms in total. The van der Waals surface area contributed by atoms with Crippen LogP contribution in [0.25, 0.3) is 67.3 Å². The molecule has 6 aromatic carbocycles. The summed E-state index contributed by atoms with van der Waals surface area (Å²) in [4.78, 5) is 10.0. The van der Waals surface area contributed by atoms with Crippen LogP contribution in [-0.2, 0) is 0 Å². The van der Waals surface area contributed by atoms with Crippen LogP contribution < -0.4 is 0 Å². The van der Waals surface area contributed by atoms with Crippen LogP contribution in [0.1, 0.15) is 5.56 Å². The second kappa shape index (κ2) is 11.7. The van der Waals surface area contributed by atoms with Gasteiger partial charge in [0.25, 0.3) is 0 Å². The molecule has 0 aliphatic carbocycles. The van der Waals surface area contributed by atoms with Crippen molar-refractivity contribution in [2.24, 2.45) is 0 Å². The minimum absolute atomic E-state index is 0.717. The highest BCUT2D eigenvalue weighted by Crippen LogP contribution is 2.39. The number of hydrogen-bond acceptors (Lipinski definition) is 2. The maximum Gasteiger partial charge on any atom is 0.160 e.